The fourth-order valence-corrected chi connectivity index (χ4v) is 1.51. The highest BCUT2D eigenvalue weighted by molar-refractivity contribution is 5.52. The molecule has 2 aromatic carbocycles. The van der Waals surface area contributed by atoms with E-state index in [4.69, 9.17) is 5.73 Å². The van der Waals surface area contributed by atoms with Crippen molar-refractivity contribution in [3.8, 4) is 11.8 Å². The van der Waals surface area contributed by atoms with Gasteiger partial charge < -0.3 is 5.73 Å². The zero-order valence-electron chi connectivity index (χ0n) is 9.80. The van der Waals surface area contributed by atoms with Gasteiger partial charge in [-0.15, -0.1) is 0 Å². The van der Waals surface area contributed by atoms with Gasteiger partial charge in [0.05, 0.1) is 5.56 Å². The number of nitrogen functional groups attached to an aromatic ring is 1. The maximum atomic E-state index is 13.3. The Hall–Kier alpha value is -2.34. The number of anilines is 1. The topological polar surface area (TPSA) is 26.0 Å². The molecular formula is C15H11F2N. The molecule has 0 bridgehead atoms. The molecule has 0 fully saturated rings. The second kappa shape index (κ2) is 4.89. The molecule has 0 saturated heterocycles. The summed E-state index contributed by atoms with van der Waals surface area (Å²) in [4.78, 5) is 0. The second-order valence-electron chi connectivity index (χ2n) is 3.92. The predicted octanol–water partition coefficient (Wildman–Crippen LogP) is 3.26. The van der Waals surface area contributed by atoms with Crippen LogP contribution in [0, 0.1) is 30.4 Å². The third-order valence-corrected chi connectivity index (χ3v) is 2.56. The van der Waals surface area contributed by atoms with Crippen LogP contribution in [0.3, 0.4) is 0 Å². The quantitative estimate of drug-likeness (QED) is 0.558. The molecular weight excluding hydrogens is 232 g/mol. The molecule has 2 rings (SSSR count). The molecule has 2 N–H and O–H groups in total. The van der Waals surface area contributed by atoms with E-state index in [1.165, 1.54) is 18.2 Å². The van der Waals surface area contributed by atoms with E-state index >= 15 is 0 Å². The third kappa shape index (κ3) is 2.49. The molecule has 0 atom stereocenters. The number of hydrogen-bond acceptors (Lipinski definition) is 1. The Balaban J connectivity index is 2.40. The number of rotatable bonds is 0. The third-order valence-electron chi connectivity index (χ3n) is 2.56. The minimum atomic E-state index is -0.658. The Morgan fingerprint density at radius 3 is 2.28 bits per heavy atom. The second-order valence-corrected chi connectivity index (χ2v) is 3.92. The number of halogens is 2. The maximum absolute atomic E-state index is 13.3. The molecule has 0 amide bonds. The number of aryl methyl sites for hydroxylation is 1. The van der Waals surface area contributed by atoms with Crippen molar-refractivity contribution in [3.63, 3.8) is 0 Å². The minimum absolute atomic E-state index is 0.216. The van der Waals surface area contributed by atoms with E-state index < -0.39 is 11.6 Å². The van der Waals surface area contributed by atoms with Crippen LogP contribution in [-0.2, 0) is 0 Å². The van der Waals surface area contributed by atoms with Crippen LogP contribution >= 0.6 is 0 Å². The first-order valence-corrected chi connectivity index (χ1v) is 5.40. The summed E-state index contributed by atoms with van der Waals surface area (Å²) in [5.74, 6) is 3.91. The summed E-state index contributed by atoms with van der Waals surface area (Å²) in [6.07, 6.45) is 0. The van der Waals surface area contributed by atoms with E-state index in [0.29, 0.717) is 11.3 Å². The van der Waals surface area contributed by atoms with Gasteiger partial charge in [-0.1, -0.05) is 17.9 Å². The SMILES string of the molecule is Cc1cc(C#Cc2c(F)cccc2F)ccc1N. The van der Waals surface area contributed by atoms with E-state index in [2.05, 4.69) is 11.8 Å². The largest absolute Gasteiger partial charge is 0.399 e. The van der Waals surface area contributed by atoms with Gasteiger partial charge in [-0.2, -0.15) is 0 Å². The number of nitrogens with two attached hydrogens (primary N) is 1. The van der Waals surface area contributed by atoms with E-state index in [1.807, 2.05) is 6.92 Å². The molecule has 0 aliphatic carbocycles. The van der Waals surface area contributed by atoms with Gasteiger partial charge in [0.2, 0.25) is 0 Å². The maximum Gasteiger partial charge on any atom is 0.141 e. The lowest BCUT2D eigenvalue weighted by Crippen LogP contribution is -1.90. The average molecular weight is 243 g/mol. The summed E-state index contributed by atoms with van der Waals surface area (Å²) in [7, 11) is 0. The van der Waals surface area contributed by atoms with Crippen molar-refractivity contribution >= 4 is 5.69 Å². The van der Waals surface area contributed by atoms with Gasteiger partial charge in [0.15, 0.2) is 0 Å². The molecule has 2 aromatic rings. The summed E-state index contributed by atoms with van der Waals surface area (Å²) in [5, 5.41) is 0. The van der Waals surface area contributed by atoms with Crippen molar-refractivity contribution in [3.05, 3.63) is 64.7 Å². The average Bonchev–Trinajstić information content (AvgIpc) is 2.33. The lowest BCUT2D eigenvalue weighted by Gasteiger charge is -1.99. The Labute approximate surface area is 104 Å². The van der Waals surface area contributed by atoms with E-state index in [0.717, 1.165) is 5.56 Å². The van der Waals surface area contributed by atoms with Crippen LogP contribution in [0.15, 0.2) is 36.4 Å². The molecule has 3 heteroatoms. The van der Waals surface area contributed by atoms with E-state index in [9.17, 15) is 8.78 Å². The van der Waals surface area contributed by atoms with Gasteiger partial charge in [0.1, 0.15) is 11.6 Å². The Morgan fingerprint density at radius 2 is 1.67 bits per heavy atom. The molecule has 0 heterocycles. The molecule has 0 unspecified atom stereocenters. The normalized spacial score (nSPS) is 9.72. The van der Waals surface area contributed by atoms with Gasteiger partial charge in [0, 0.05) is 11.3 Å². The summed E-state index contributed by atoms with van der Waals surface area (Å²) in [5.41, 5.74) is 7.68. The van der Waals surface area contributed by atoms with E-state index in [1.54, 1.807) is 18.2 Å². The molecule has 1 nitrogen and oxygen atoms in total. The summed E-state index contributed by atoms with van der Waals surface area (Å²) < 4.78 is 26.7. The Bertz CT molecular complexity index is 631. The molecule has 90 valence electrons. The van der Waals surface area contributed by atoms with Crippen LogP contribution in [-0.4, -0.2) is 0 Å². The molecule has 0 aromatic heterocycles. The van der Waals surface area contributed by atoms with Crippen LogP contribution in [0.1, 0.15) is 16.7 Å². The Kier molecular flexibility index (Phi) is 3.29. The smallest absolute Gasteiger partial charge is 0.141 e. The zero-order chi connectivity index (χ0) is 13.1. The monoisotopic (exact) mass is 243 g/mol. The predicted molar refractivity (Wildman–Crippen MR) is 67.9 cm³/mol. The first-order chi connectivity index (χ1) is 8.58. The highest BCUT2D eigenvalue weighted by atomic mass is 19.1. The standard InChI is InChI=1S/C15H11F2N/c1-10-9-11(6-8-15(10)18)5-7-12-13(16)3-2-4-14(12)17/h2-4,6,8-9H,18H2,1H3. The van der Waals surface area contributed by atoms with Gasteiger partial charge >= 0.3 is 0 Å². The van der Waals surface area contributed by atoms with Crippen molar-refractivity contribution < 1.29 is 8.78 Å². The minimum Gasteiger partial charge on any atom is -0.399 e. The van der Waals surface area contributed by atoms with Crippen LogP contribution in [0.4, 0.5) is 14.5 Å². The summed E-state index contributed by atoms with van der Waals surface area (Å²) in [6, 6.07) is 8.89. The van der Waals surface area contributed by atoms with Crippen LogP contribution in [0.5, 0.6) is 0 Å². The molecule has 0 radical (unpaired) electrons. The molecule has 0 aliphatic rings. The van der Waals surface area contributed by atoms with Crippen LogP contribution in [0.2, 0.25) is 0 Å². The lowest BCUT2D eigenvalue weighted by molar-refractivity contribution is 0.577. The van der Waals surface area contributed by atoms with Gasteiger partial charge in [-0.3, -0.25) is 0 Å². The Morgan fingerprint density at radius 1 is 1.00 bits per heavy atom. The van der Waals surface area contributed by atoms with Crippen LogP contribution < -0.4 is 5.73 Å². The summed E-state index contributed by atoms with van der Waals surface area (Å²) >= 11 is 0. The van der Waals surface area contributed by atoms with Crippen molar-refractivity contribution in [2.75, 3.05) is 5.73 Å². The number of hydrogen-bond donors (Lipinski definition) is 1. The highest BCUT2D eigenvalue weighted by Crippen LogP contribution is 2.13. The van der Waals surface area contributed by atoms with Crippen molar-refractivity contribution in [2.45, 2.75) is 6.92 Å². The summed E-state index contributed by atoms with van der Waals surface area (Å²) in [6.45, 7) is 1.85. The first kappa shape index (κ1) is 12.1. The molecule has 0 aliphatic heterocycles. The first-order valence-electron chi connectivity index (χ1n) is 5.40. The molecule has 0 spiro atoms. The van der Waals surface area contributed by atoms with Crippen molar-refractivity contribution in [2.24, 2.45) is 0 Å². The zero-order valence-corrected chi connectivity index (χ0v) is 9.80. The van der Waals surface area contributed by atoms with Gasteiger partial charge in [0.25, 0.3) is 0 Å². The molecule has 18 heavy (non-hydrogen) atoms. The van der Waals surface area contributed by atoms with Gasteiger partial charge in [-0.25, -0.2) is 8.78 Å². The van der Waals surface area contributed by atoms with Crippen molar-refractivity contribution in [1.82, 2.24) is 0 Å². The number of benzene rings is 2. The highest BCUT2D eigenvalue weighted by Gasteiger charge is 2.04. The fourth-order valence-electron chi connectivity index (χ4n) is 1.51. The van der Waals surface area contributed by atoms with Gasteiger partial charge in [-0.05, 0) is 42.8 Å². The van der Waals surface area contributed by atoms with Crippen molar-refractivity contribution in [1.29, 1.82) is 0 Å². The molecule has 0 saturated carbocycles. The van der Waals surface area contributed by atoms with E-state index in [-0.39, 0.29) is 5.56 Å². The fraction of sp³-hybridized carbons (Fsp3) is 0.0667. The van der Waals surface area contributed by atoms with Crippen LogP contribution in [0.25, 0.3) is 0 Å². The lowest BCUT2D eigenvalue weighted by atomic mass is 10.1.